The van der Waals surface area contributed by atoms with Crippen molar-refractivity contribution in [2.45, 2.75) is 38.1 Å². The highest BCUT2D eigenvalue weighted by Crippen LogP contribution is 2.28. The molecule has 0 aromatic carbocycles. The summed E-state index contributed by atoms with van der Waals surface area (Å²) in [7, 11) is -3.64. The third-order valence-electron chi connectivity index (χ3n) is 5.16. The second-order valence-corrected chi connectivity index (χ2v) is 9.04. The number of hydrogen-bond donors (Lipinski definition) is 0. The summed E-state index contributed by atoms with van der Waals surface area (Å²) in [4.78, 5) is 12.4. The number of nitrogens with zero attached hydrogens (tertiary/aromatic N) is 6. The molecule has 0 bridgehead atoms. The van der Waals surface area contributed by atoms with Gasteiger partial charge >= 0.3 is 0 Å². The molecule has 10 nitrogen and oxygen atoms in total. The van der Waals surface area contributed by atoms with Gasteiger partial charge in [0.2, 0.25) is 10.0 Å². The van der Waals surface area contributed by atoms with Crippen LogP contribution in [0.3, 0.4) is 0 Å². The topological polar surface area (TPSA) is 116 Å². The Kier molecular flexibility index (Phi) is 5.09. The number of aryl methyl sites for hydroxylation is 2. The zero-order chi connectivity index (χ0) is 20.6. The van der Waals surface area contributed by atoms with Crippen LogP contribution in [0.4, 0.5) is 0 Å². The summed E-state index contributed by atoms with van der Waals surface area (Å²) >= 11 is 0. The van der Waals surface area contributed by atoms with E-state index in [-0.39, 0.29) is 16.4 Å². The van der Waals surface area contributed by atoms with Crippen LogP contribution in [0.5, 0.6) is 0 Å². The average Bonchev–Trinajstić information content (AvgIpc) is 3.34. The maximum Gasteiger partial charge on any atom is 0.266 e. The molecular formula is C18H22N6O4S. The molecule has 0 spiro atoms. The minimum Gasteiger partial charge on any atom is -0.360 e. The van der Waals surface area contributed by atoms with Crippen LogP contribution in [0, 0.1) is 19.8 Å². The summed E-state index contributed by atoms with van der Waals surface area (Å²) in [5.41, 5.74) is 0.183. The van der Waals surface area contributed by atoms with E-state index in [1.807, 2.05) is 0 Å². The molecule has 3 aromatic heterocycles. The van der Waals surface area contributed by atoms with E-state index in [2.05, 4.69) is 15.4 Å². The van der Waals surface area contributed by atoms with Gasteiger partial charge in [0.1, 0.15) is 10.6 Å². The van der Waals surface area contributed by atoms with E-state index < -0.39 is 10.0 Å². The van der Waals surface area contributed by atoms with Crippen LogP contribution < -0.4 is 5.56 Å². The van der Waals surface area contributed by atoms with Crippen molar-refractivity contribution >= 4 is 10.0 Å². The van der Waals surface area contributed by atoms with Crippen molar-refractivity contribution in [2.24, 2.45) is 5.92 Å². The molecule has 154 valence electrons. The Morgan fingerprint density at radius 2 is 1.97 bits per heavy atom. The Balaban J connectivity index is 1.46. The van der Waals surface area contributed by atoms with Crippen molar-refractivity contribution in [3.05, 3.63) is 52.4 Å². The van der Waals surface area contributed by atoms with Crippen molar-refractivity contribution in [3.8, 4) is 5.82 Å². The monoisotopic (exact) mass is 418 g/mol. The zero-order valence-electron chi connectivity index (χ0n) is 16.2. The molecule has 0 unspecified atom stereocenters. The molecule has 0 atom stereocenters. The lowest BCUT2D eigenvalue weighted by atomic mass is 9.98. The molecule has 11 heteroatoms. The number of aromatic nitrogens is 5. The maximum atomic E-state index is 12.9. The fourth-order valence-electron chi connectivity index (χ4n) is 3.64. The summed E-state index contributed by atoms with van der Waals surface area (Å²) in [6.07, 6.45) is 4.69. The zero-order valence-corrected chi connectivity index (χ0v) is 17.0. The molecular weight excluding hydrogens is 396 g/mol. The van der Waals surface area contributed by atoms with E-state index in [0.717, 1.165) is 0 Å². The van der Waals surface area contributed by atoms with Crippen molar-refractivity contribution in [1.29, 1.82) is 0 Å². The molecule has 1 aliphatic heterocycles. The van der Waals surface area contributed by atoms with E-state index in [1.165, 1.54) is 15.1 Å². The van der Waals surface area contributed by atoms with Crippen LogP contribution >= 0.6 is 0 Å². The van der Waals surface area contributed by atoms with Gasteiger partial charge in [-0.1, -0.05) is 5.16 Å². The minimum atomic E-state index is -3.64. The summed E-state index contributed by atoms with van der Waals surface area (Å²) in [5.74, 6) is 1.02. The van der Waals surface area contributed by atoms with Crippen LogP contribution in [-0.2, 0) is 16.6 Å². The van der Waals surface area contributed by atoms with Gasteiger partial charge in [-0.2, -0.15) is 9.40 Å². The molecule has 1 fully saturated rings. The Labute approximate surface area is 167 Å². The molecule has 4 rings (SSSR count). The molecule has 0 saturated carbocycles. The highest BCUT2D eigenvalue weighted by atomic mass is 32.2. The van der Waals surface area contributed by atoms with Gasteiger partial charge in [0.25, 0.3) is 5.56 Å². The molecule has 3 aromatic rings. The maximum absolute atomic E-state index is 12.9. The van der Waals surface area contributed by atoms with Gasteiger partial charge < -0.3 is 4.52 Å². The highest BCUT2D eigenvalue weighted by Gasteiger charge is 2.34. The van der Waals surface area contributed by atoms with Crippen molar-refractivity contribution in [2.75, 3.05) is 13.1 Å². The first kappa shape index (κ1) is 19.5. The van der Waals surface area contributed by atoms with Gasteiger partial charge in [-0.3, -0.25) is 4.79 Å². The van der Waals surface area contributed by atoms with E-state index in [9.17, 15) is 13.2 Å². The molecule has 0 aliphatic carbocycles. The van der Waals surface area contributed by atoms with Crippen molar-refractivity contribution < 1.29 is 12.9 Å². The van der Waals surface area contributed by atoms with Crippen LogP contribution in [-0.4, -0.2) is 50.5 Å². The van der Waals surface area contributed by atoms with Crippen molar-refractivity contribution in [3.63, 3.8) is 0 Å². The number of hydrogen-bond acceptors (Lipinski definition) is 7. The molecule has 0 radical (unpaired) electrons. The quantitative estimate of drug-likeness (QED) is 0.610. The predicted octanol–water partition coefficient (Wildman–Crippen LogP) is 1.13. The van der Waals surface area contributed by atoms with Gasteiger partial charge in [0, 0.05) is 38.1 Å². The minimum absolute atomic E-state index is 0.153. The average molecular weight is 418 g/mol. The Bertz CT molecular complexity index is 1140. The molecule has 0 N–H and O–H groups in total. The molecule has 1 aliphatic rings. The normalized spacial score (nSPS) is 16.3. The third-order valence-corrected chi connectivity index (χ3v) is 7.31. The van der Waals surface area contributed by atoms with Crippen LogP contribution in [0.1, 0.15) is 24.3 Å². The molecule has 1 saturated heterocycles. The molecule has 0 amide bonds. The van der Waals surface area contributed by atoms with E-state index in [1.54, 1.807) is 43.1 Å². The first-order chi connectivity index (χ1) is 13.9. The summed E-state index contributed by atoms with van der Waals surface area (Å²) in [5, 5.41) is 12.3. The van der Waals surface area contributed by atoms with Crippen LogP contribution in [0.15, 0.2) is 44.8 Å². The summed E-state index contributed by atoms with van der Waals surface area (Å²) in [6.45, 7) is 4.42. The number of rotatable bonds is 5. The summed E-state index contributed by atoms with van der Waals surface area (Å²) in [6, 6.07) is 4.89. The Morgan fingerprint density at radius 1 is 1.21 bits per heavy atom. The fourth-order valence-corrected chi connectivity index (χ4v) is 5.41. The number of piperidine rings is 1. The lowest BCUT2D eigenvalue weighted by molar-refractivity contribution is 0.244. The Morgan fingerprint density at radius 3 is 2.59 bits per heavy atom. The highest BCUT2D eigenvalue weighted by molar-refractivity contribution is 7.89. The van der Waals surface area contributed by atoms with Gasteiger partial charge in [-0.15, -0.1) is 5.10 Å². The second-order valence-electron chi connectivity index (χ2n) is 7.16. The third kappa shape index (κ3) is 3.75. The van der Waals surface area contributed by atoms with E-state index in [0.29, 0.717) is 49.7 Å². The SMILES string of the molecule is Cc1noc(C)c1S(=O)(=O)N1CCC(Cn2nc(-n3cccn3)ccc2=O)CC1. The van der Waals surface area contributed by atoms with Gasteiger partial charge in [0.15, 0.2) is 11.6 Å². The van der Waals surface area contributed by atoms with Crippen LogP contribution in [0.25, 0.3) is 5.82 Å². The van der Waals surface area contributed by atoms with Crippen molar-refractivity contribution in [1.82, 2.24) is 29.0 Å². The standard InChI is InChI=1S/C18H22N6O4S/c1-13-18(14(2)28-21-13)29(26,27)22-10-6-15(7-11-22)12-24-17(25)5-4-16(20-24)23-9-3-8-19-23/h3-5,8-9,15H,6-7,10-12H2,1-2H3. The lowest BCUT2D eigenvalue weighted by Gasteiger charge is -2.31. The first-order valence-electron chi connectivity index (χ1n) is 9.37. The number of sulfonamides is 1. The molecule has 29 heavy (non-hydrogen) atoms. The smallest absolute Gasteiger partial charge is 0.266 e. The Hall–Kier alpha value is -2.79. The van der Waals surface area contributed by atoms with Gasteiger partial charge in [0.05, 0.1) is 0 Å². The fraction of sp³-hybridized carbons (Fsp3) is 0.444. The van der Waals surface area contributed by atoms with E-state index in [4.69, 9.17) is 4.52 Å². The molecule has 4 heterocycles. The predicted molar refractivity (Wildman–Crippen MR) is 103 cm³/mol. The van der Waals surface area contributed by atoms with Gasteiger partial charge in [-0.05, 0) is 44.7 Å². The lowest BCUT2D eigenvalue weighted by Crippen LogP contribution is -2.40. The van der Waals surface area contributed by atoms with Crippen LogP contribution in [0.2, 0.25) is 0 Å². The first-order valence-corrected chi connectivity index (χ1v) is 10.8. The summed E-state index contributed by atoms with van der Waals surface area (Å²) < 4.78 is 35.4. The van der Waals surface area contributed by atoms with Gasteiger partial charge in [-0.25, -0.2) is 17.8 Å². The van der Waals surface area contributed by atoms with E-state index >= 15 is 0 Å². The largest absolute Gasteiger partial charge is 0.360 e. The second kappa shape index (κ2) is 7.56.